The molecule has 2 aromatic rings. The van der Waals surface area contributed by atoms with Gasteiger partial charge in [0.15, 0.2) is 5.82 Å². The molecule has 1 aromatic heterocycles. The quantitative estimate of drug-likeness (QED) is 0.805. The Labute approximate surface area is 148 Å². The van der Waals surface area contributed by atoms with Gasteiger partial charge in [-0.3, -0.25) is 0 Å². The molecule has 1 aromatic carbocycles. The first-order valence-corrected chi connectivity index (χ1v) is 8.70. The molecule has 2 aliphatic rings. The third kappa shape index (κ3) is 2.40. The molecule has 1 atom stereocenters. The molecule has 23 heavy (non-hydrogen) atoms. The van der Waals surface area contributed by atoms with E-state index in [1.165, 1.54) is 5.56 Å². The molecule has 4 rings (SSSR count). The van der Waals surface area contributed by atoms with E-state index in [0.29, 0.717) is 10.8 Å². The van der Waals surface area contributed by atoms with Gasteiger partial charge in [-0.2, -0.15) is 4.98 Å². The van der Waals surface area contributed by atoms with Crippen LogP contribution in [0.2, 0.25) is 5.02 Å². The normalized spacial score (nSPS) is 23.7. The summed E-state index contributed by atoms with van der Waals surface area (Å²) >= 11 is 9.94. The fourth-order valence-corrected chi connectivity index (χ4v) is 4.37. The van der Waals surface area contributed by atoms with Gasteiger partial charge >= 0.3 is 0 Å². The van der Waals surface area contributed by atoms with Crippen LogP contribution >= 0.6 is 27.5 Å². The van der Waals surface area contributed by atoms with E-state index in [4.69, 9.17) is 17.3 Å². The van der Waals surface area contributed by atoms with Crippen LogP contribution in [-0.4, -0.2) is 41.5 Å². The summed E-state index contributed by atoms with van der Waals surface area (Å²) in [5.41, 5.74) is 8.41. The van der Waals surface area contributed by atoms with Crippen LogP contribution in [0, 0.1) is 0 Å². The predicted octanol–water partition coefficient (Wildman–Crippen LogP) is 3.20. The maximum Gasteiger partial charge on any atom is 0.222 e. The first-order chi connectivity index (χ1) is 11.0. The largest absolute Gasteiger partial charge is 0.368 e. The van der Waals surface area contributed by atoms with Crippen molar-refractivity contribution in [2.75, 3.05) is 37.3 Å². The van der Waals surface area contributed by atoms with E-state index in [1.807, 2.05) is 0 Å². The van der Waals surface area contributed by atoms with Crippen molar-refractivity contribution in [1.82, 2.24) is 14.9 Å². The molecular formula is C16H17BrClN5. The number of benzene rings is 1. The lowest BCUT2D eigenvalue weighted by Gasteiger charge is -2.25. The Kier molecular flexibility index (Phi) is 3.51. The Morgan fingerprint density at radius 2 is 2.17 bits per heavy atom. The number of nitrogens with two attached hydrogens (primary N) is 1. The van der Waals surface area contributed by atoms with Crippen molar-refractivity contribution in [2.24, 2.45) is 0 Å². The van der Waals surface area contributed by atoms with E-state index >= 15 is 0 Å². The van der Waals surface area contributed by atoms with Crippen molar-refractivity contribution in [3.05, 3.63) is 39.5 Å². The molecule has 1 fully saturated rings. The number of aromatic nitrogens is 2. The van der Waals surface area contributed by atoms with Gasteiger partial charge in [0, 0.05) is 28.7 Å². The lowest BCUT2D eigenvalue weighted by Crippen LogP contribution is -2.34. The van der Waals surface area contributed by atoms with Gasteiger partial charge in [-0.1, -0.05) is 33.6 Å². The monoisotopic (exact) mass is 393 g/mol. The summed E-state index contributed by atoms with van der Waals surface area (Å²) in [5.74, 6) is 0.926. The SMILES string of the molecule is CN1CCC2(C1)CN(c1nc(N)ncc1Cl)c1cc(Br)ccc12. The minimum absolute atomic E-state index is 0.119. The lowest BCUT2D eigenvalue weighted by molar-refractivity contribution is 0.378. The van der Waals surface area contributed by atoms with Crippen molar-refractivity contribution in [3.8, 4) is 0 Å². The Balaban J connectivity index is 1.87. The van der Waals surface area contributed by atoms with Crippen molar-refractivity contribution in [3.63, 3.8) is 0 Å². The second-order valence-electron chi connectivity index (χ2n) is 6.42. The number of halogens is 2. The molecule has 0 radical (unpaired) electrons. The van der Waals surface area contributed by atoms with Gasteiger partial charge in [-0.05, 0) is 37.7 Å². The van der Waals surface area contributed by atoms with E-state index in [0.717, 1.165) is 36.2 Å². The van der Waals surface area contributed by atoms with Gasteiger partial charge in [0.1, 0.15) is 5.02 Å². The topological polar surface area (TPSA) is 58.3 Å². The second kappa shape index (κ2) is 5.33. The number of nitrogen functional groups attached to an aromatic ring is 1. The first-order valence-electron chi connectivity index (χ1n) is 7.53. The van der Waals surface area contributed by atoms with Crippen molar-refractivity contribution >= 4 is 45.0 Å². The molecule has 3 heterocycles. The molecule has 5 nitrogen and oxygen atoms in total. The van der Waals surface area contributed by atoms with E-state index in [2.05, 4.69) is 60.9 Å². The smallest absolute Gasteiger partial charge is 0.222 e. The minimum atomic E-state index is 0.119. The zero-order valence-electron chi connectivity index (χ0n) is 12.8. The zero-order valence-corrected chi connectivity index (χ0v) is 15.1. The highest BCUT2D eigenvalue weighted by molar-refractivity contribution is 9.10. The maximum absolute atomic E-state index is 6.36. The zero-order chi connectivity index (χ0) is 16.2. The lowest BCUT2D eigenvalue weighted by atomic mass is 9.82. The standard InChI is InChI=1S/C16H17BrClN5/c1-22-5-4-16(8-22)9-23(13-6-10(17)2-3-11(13)16)14-12(18)7-20-15(19)21-14/h2-3,6-7H,4-5,8-9H2,1H3,(H2,19,20,21). The van der Waals surface area contributed by atoms with E-state index < -0.39 is 0 Å². The fourth-order valence-electron chi connectivity index (χ4n) is 3.83. The molecule has 1 saturated heterocycles. The predicted molar refractivity (Wildman–Crippen MR) is 96.4 cm³/mol. The summed E-state index contributed by atoms with van der Waals surface area (Å²) in [6.07, 6.45) is 2.70. The van der Waals surface area contributed by atoms with Gasteiger partial charge in [0.05, 0.1) is 6.20 Å². The van der Waals surface area contributed by atoms with E-state index in [1.54, 1.807) is 6.20 Å². The average Bonchev–Trinajstić information content (AvgIpc) is 3.03. The van der Waals surface area contributed by atoms with Crippen molar-refractivity contribution in [1.29, 1.82) is 0 Å². The van der Waals surface area contributed by atoms with Crippen LogP contribution in [0.15, 0.2) is 28.9 Å². The van der Waals surface area contributed by atoms with Crippen LogP contribution in [0.3, 0.4) is 0 Å². The maximum atomic E-state index is 6.36. The molecule has 0 saturated carbocycles. The van der Waals surface area contributed by atoms with Gasteiger partial charge in [0.25, 0.3) is 0 Å². The molecule has 7 heteroatoms. The molecule has 0 amide bonds. The van der Waals surface area contributed by atoms with Gasteiger partial charge in [0.2, 0.25) is 5.95 Å². The van der Waals surface area contributed by atoms with E-state index in [-0.39, 0.29) is 11.4 Å². The summed E-state index contributed by atoms with van der Waals surface area (Å²) in [7, 11) is 2.17. The van der Waals surface area contributed by atoms with E-state index in [9.17, 15) is 0 Å². The number of anilines is 3. The highest BCUT2D eigenvalue weighted by Gasteiger charge is 2.47. The average molecular weight is 395 g/mol. The third-order valence-corrected chi connectivity index (χ3v) is 5.59. The number of hydrogen-bond donors (Lipinski definition) is 1. The molecular weight excluding hydrogens is 378 g/mol. The number of hydrogen-bond acceptors (Lipinski definition) is 5. The summed E-state index contributed by atoms with van der Waals surface area (Å²) in [4.78, 5) is 12.9. The van der Waals surface area contributed by atoms with Crippen LogP contribution in [0.1, 0.15) is 12.0 Å². The van der Waals surface area contributed by atoms with Gasteiger partial charge < -0.3 is 15.5 Å². The van der Waals surface area contributed by atoms with Crippen molar-refractivity contribution in [2.45, 2.75) is 11.8 Å². The summed E-state index contributed by atoms with van der Waals surface area (Å²) in [6, 6.07) is 6.46. The third-order valence-electron chi connectivity index (χ3n) is 4.83. The molecule has 0 aliphatic carbocycles. The van der Waals surface area contributed by atoms with Crippen molar-refractivity contribution < 1.29 is 0 Å². The minimum Gasteiger partial charge on any atom is -0.368 e. The summed E-state index contributed by atoms with van der Waals surface area (Å²) < 4.78 is 1.04. The highest BCUT2D eigenvalue weighted by atomic mass is 79.9. The van der Waals surface area contributed by atoms with Crippen LogP contribution in [0.25, 0.3) is 0 Å². The Bertz CT molecular complexity index is 783. The van der Waals surface area contributed by atoms with Crippen LogP contribution in [0.5, 0.6) is 0 Å². The Morgan fingerprint density at radius 1 is 1.35 bits per heavy atom. The molecule has 120 valence electrons. The van der Waals surface area contributed by atoms with Gasteiger partial charge in [-0.15, -0.1) is 0 Å². The fraction of sp³-hybridized carbons (Fsp3) is 0.375. The molecule has 2 N–H and O–H groups in total. The molecule has 1 spiro atoms. The van der Waals surface area contributed by atoms with Crippen LogP contribution in [0.4, 0.5) is 17.5 Å². The number of likely N-dealkylation sites (N-methyl/N-ethyl adjacent to an activating group) is 1. The van der Waals surface area contributed by atoms with Gasteiger partial charge in [-0.25, -0.2) is 4.98 Å². The van der Waals surface area contributed by atoms with Crippen LogP contribution in [-0.2, 0) is 5.41 Å². The van der Waals surface area contributed by atoms with Crippen LogP contribution < -0.4 is 10.6 Å². The number of rotatable bonds is 1. The number of likely N-dealkylation sites (tertiary alicyclic amines) is 1. The number of fused-ring (bicyclic) bond motifs is 2. The molecule has 1 unspecified atom stereocenters. The summed E-state index contributed by atoms with van der Waals surface area (Å²) in [6.45, 7) is 3.00. The highest BCUT2D eigenvalue weighted by Crippen LogP contribution is 2.50. The Hall–Kier alpha value is -1.37. The molecule has 0 bridgehead atoms. The molecule has 2 aliphatic heterocycles. The Morgan fingerprint density at radius 3 is 2.91 bits per heavy atom. The summed E-state index contributed by atoms with van der Waals surface area (Å²) in [5, 5.41) is 0.522. The first kappa shape index (κ1) is 15.2. The second-order valence-corrected chi connectivity index (χ2v) is 7.74. The number of nitrogens with zero attached hydrogens (tertiary/aromatic N) is 4.